The minimum Gasteiger partial charge on any atom is -0.351 e. The Bertz CT molecular complexity index is 379. The molecule has 0 spiro atoms. The van der Waals surface area contributed by atoms with Gasteiger partial charge in [0.1, 0.15) is 0 Å². The zero-order valence-corrected chi connectivity index (χ0v) is 12.7. The zero-order valence-electron chi connectivity index (χ0n) is 9.71. The second-order valence-electron chi connectivity index (χ2n) is 4.16. The van der Waals surface area contributed by atoms with Gasteiger partial charge in [0.05, 0.1) is 0 Å². The molecular weight excluding hydrogens is 333 g/mol. The monoisotopic (exact) mass is 349 g/mol. The first kappa shape index (κ1) is 13.8. The number of thioether (sulfide) groups is 1. The number of benzene rings is 1. The molecule has 1 aromatic rings. The summed E-state index contributed by atoms with van der Waals surface area (Å²) in [6, 6.07) is 7.60. The van der Waals surface area contributed by atoms with Gasteiger partial charge >= 0.3 is 0 Å². The number of carbonyl (C=O) groups is 1. The number of halogens is 1. The highest BCUT2D eigenvalue weighted by Crippen LogP contribution is 2.19. The molecule has 0 bridgehead atoms. The van der Waals surface area contributed by atoms with Crippen molar-refractivity contribution in [2.45, 2.75) is 18.6 Å². The highest BCUT2D eigenvalue weighted by atomic mass is 127. The Hall–Kier alpha value is -0.230. The van der Waals surface area contributed by atoms with E-state index in [1.165, 1.54) is 0 Å². The first-order valence-electron chi connectivity index (χ1n) is 5.03. The molecule has 88 valence electrons. The Balaban J connectivity index is 2.60. The molecule has 0 fully saturated rings. The van der Waals surface area contributed by atoms with Crippen LogP contribution in [0, 0.1) is 3.57 Å². The molecule has 0 aliphatic carbocycles. The summed E-state index contributed by atoms with van der Waals surface area (Å²) in [5.74, 6) is 0.000594. The van der Waals surface area contributed by atoms with Crippen LogP contribution in [0.25, 0.3) is 0 Å². The summed E-state index contributed by atoms with van der Waals surface area (Å²) in [5.41, 5.74) is 0.726. The van der Waals surface area contributed by atoms with Gasteiger partial charge in [-0.2, -0.15) is 11.8 Å². The number of hydrogen-bond donors (Lipinski definition) is 1. The molecule has 1 rings (SSSR count). The average Bonchev–Trinajstić information content (AvgIpc) is 2.26. The fraction of sp³-hybridized carbons (Fsp3) is 0.417. The second kappa shape index (κ2) is 5.91. The van der Waals surface area contributed by atoms with Crippen LogP contribution < -0.4 is 5.32 Å². The minimum atomic E-state index is 0.000594. The van der Waals surface area contributed by atoms with Crippen LogP contribution in [-0.4, -0.2) is 23.5 Å². The van der Waals surface area contributed by atoms with Crippen molar-refractivity contribution in [2.75, 3.05) is 12.8 Å². The normalized spacial score (nSPS) is 11.2. The molecule has 0 aromatic heterocycles. The van der Waals surface area contributed by atoms with Crippen LogP contribution in [0.2, 0.25) is 0 Å². The molecule has 0 atom stereocenters. The topological polar surface area (TPSA) is 29.1 Å². The average molecular weight is 349 g/mol. The predicted octanol–water partition coefficient (Wildman–Crippen LogP) is 3.16. The number of carbonyl (C=O) groups excluding carboxylic acids is 1. The standard InChI is InChI=1S/C12H16INOS/c1-12(2,16-3)8-14-11(15)9-5-4-6-10(13)7-9/h4-7H,8H2,1-3H3,(H,14,15). The lowest BCUT2D eigenvalue weighted by Gasteiger charge is -2.22. The van der Waals surface area contributed by atoms with Crippen molar-refractivity contribution in [3.63, 3.8) is 0 Å². The largest absolute Gasteiger partial charge is 0.351 e. The highest BCUT2D eigenvalue weighted by molar-refractivity contribution is 14.1. The van der Waals surface area contributed by atoms with E-state index in [0.29, 0.717) is 6.54 Å². The molecule has 0 saturated heterocycles. The highest BCUT2D eigenvalue weighted by Gasteiger charge is 2.17. The Morgan fingerprint density at radius 1 is 1.50 bits per heavy atom. The molecule has 1 N–H and O–H groups in total. The maximum Gasteiger partial charge on any atom is 0.251 e. The third-order valence-corrected chi connectivity index (χ3v) is 4.23. The molecule has 1 amide bonds. The fourth-order valence-corrected chi connectivity index (χ4v) is 1.86. The van der Waals surface area contributed by atoms with Crippen LogP contribution in [0.15, 0.2) is 24.3 Å². The summed E-state index contributed by atoms with van der Waals surface area (Å²) in [6.07, 6.45) is 2.05. The van der Waals surface area contributed by atoms with Crippen LogP contribution in [0.1, 0.15) is 24.2 Å². The summed E-state index contributed by atoms with van der Waals surface area (Å²) in [5, 5.41) is 2.95. The summed E-state index contributed by atoms with van der Waals surface area (Å²) in [7, 11) is 0. The van der Waals surface area contributed by atoms with E-state index in [0.717, 1.165) is 9.13 Å². The number of rotatable bonds is 4. The lowest BCUT2D eigenvalue weighted by molar-refractivity contribution is 0.0951. The SMILES string of the molecule is CSC(C)(C)CNC(=O)c1cccc(I)c1. The Kier molecular flexibility index (Phi) is 5.11. The Morgan fingerprint density at radius 3 is 2.75 bits per heavy atom. The third kappa shape index (κ3) is 4.33. The maximum absolute atomic E-state index is 11.8. The van der Waals surface area contributed by atoms with Gasteiger partial charge in [0.25, 0.3) is 5.91 Å². The van der Waals surface area contributed by atoms with Gasteiger partial charge in [0, 0.05) is 20.4 Å². The zero-order chi connectivity index (χ0) is 12.2. The lowest BCUT2D eigenvalue weighted by Crippen LogP contribution is -2.36. The van der Waals surface area contributed by atoms with Crippen molar-refractivity contribution in [1.29, 1.82) is 0 Å². The summed E-state index contributed by atoms with van der Waals surface area (Å²) < 4.78 is 1.16. The second-order valence-corrected chi connectivity index (χ2v) is 6.92. The van der Waals surface area contributed by atoms with E-state index < -0.39 is 0 Å². The first-order chi connectivity index (χ1) is 7.44. The summed E-state index contributed by atoms with van der Waals surface area (Å²) in [6.45, 7) is 4.91. The van der Waals surface area contributed by atoms with Gasteiger partial charge in [0.2, 0.25) is 0 Å². The van der Waals surface area contributed by atoms with Gasteiger partial charge in [-0.25, -0.2) is 0 Å². The van der Waals surface area contributed by atoms with Crippen molar-refractivity contribution in [3.8, 4) is 0 Å². The fourth-order valence-electron chi connectivity index (χ4n) is 1.10. The predicted molar refractivity (Wildman–Crippen MR) is 79.1 cm³/mol. The van der Waals surface area contributed by atoms with Gasteiger partial charge in [-0.1, -0.05) is 6.07 Å². The number of hydrogen-bond acceptors (Lipinski definition) is 2. The van der Waals surface area contributed by atoms with E-state index in [1.807, 2.05) is 24.3 Å². The van der Waals surface area contributed by atoms with E-state index in [9.17, 15) is 4.79 Å². The molecule has 0 saturated carbocycles. The van der Waals surface area contributed by atoms with Crippen molar-refractivity contribution in [1.82, 2.24) is 5.32 Å². The van der Waals surface area contributed by atoms with Crippen molar-refractivity contribution in [2.24, 2.45) is 0 Å². The quantitative estimate of drug-likeness (QED) is 0.846. The van der Waals surface area contributed by atoms with Gasteiger partial charge in [-0.3, -0.25) is 4.79 Å². The smallest absolute Gasteiger partial charge is 0.251 e. The summed E-state index contributed by atoms with van der Waals surface area (Å²) >= 11 is 3.96. The summed E-state index contributed by atoms with van der Waals surface area (Å²) in [4.78, 5) is 11.8. The number of amides is 1. The Morgan fingerprint density at radius 2 is 2.19 bits per heavy atom. The van der Waals surface area contributed by atoms with Gasteiger partial charge < -0.3 is 5.32 Å². The van der Waals surface area contributed by atoms with E-state index >= 15 is 0 Å². The minimum absolute atomic E-state index is 0.000594. The molecule has 1 aromatic carbocycles. The molecule has 16 heavy (non-hydrogen) atoms. The van der Waals surface area contributed by atoms with Gasteiger partial charge in [0.15, 0.2) is 0 Å². The van der Waals surface area contributed by atoms with E-state index in [-0.39, 0.29) is 10.7 Å². The van der Waals surface area contributed by atoms with Gasteiger partial charge in [-0.15, -0.1) is 0 Å². The van der Waals surface area contributed by atoms with Crippen LogP contribution >= 0.6 is 34.4 Å². The van der Waals surface area contributed by atoms with E-state index in [2.05, 4.69) is 48.0 Å². The molecule has 0 unspecified atom stereocenters. The third-order valence-electron chi connectivity index (χ3n) is 2.31. The molecule has 4 heteroatoms. The van der Waals surface area contributed by atoms with E-state index in [4.69, 9.17) is 0 Å². The molecule has 0 radical (unpaired) electrons. The first-order valence-corrected chi connectivity index (χ1v) is 7.34. The van der Waals surface area contributed by atoms with Crippen molar-refractivity contribution < 1.29 is 4.79 Å². The molecule has 0 heterocycles. The van der Waals surface area contributed by atoms with Crippen LogP contribution in [-0.2, 0) is 0 Å². The Labute approximate surface area is 115 Å². The molecular formula is C12H16INOS. The van der Waals surface area contributed by atoms with Crippen LogP contribution in [0.3, 0.4) is 0 Å². The van der Waals surface area contributed by atoms with Crippen molar-refractivity contribution in [3.05, 3.63) is 33.4 Å². The lowest BCUT2D eigenvalue weighted by atomic mass is 10.2. The number of nitrogens with one attached hydrogen (secondary N) is 1. The van der Waals surface area contributed by atoms with Gasteiger partial charge in [-0.05, 0) is 60.9 Å². The molecule has 0 aliphatic rings. The molecule has 0 aliphatic heterocycles. The van der Waals surface area contributed by atoms with Crippen LogP contribution in [0.5, 0.6) is 0 Å². The van der Waals surface area contributed by atoms with E-state index in [1.54, 1.807) is 11.8 Å². The maximum atomic E-state index is 11.8. The van der Waals surface area contributed by atoms with Crippen LogP contribution in [0.4, 0.5) is 0 Å². The molecule has 2 nitrogen and oxygen atoms in total. The van der Waals surface area contributed by atoms with Crippen molar-refractivity contribution >= 4 is 40.3 Å².